The van der Waals surface area contributed by atoms with Gasteiger partial charge >= 0.3 is 50.4 Å². The fraction of sp³-hybridized carbons (Fsp3) is 1.00. The van der Waals surface area contributed by atoms with Gasteiger partial charge in [0.15, 0.2) is 0 Å². The van der Waals surface area contributed by atoms with E-state index in [4.69, 9.17) is 3.39 Å². The second-order valence-electron chi connectivity index (χ2n) is 1.39. The molecule has 0 aromatic heterocycles. The second kappa shape index (κ2) is 5.96. The molecule has 0 fully saturated rings. The van der Waals surface area contributed by atoms with Crippen molar-refractivity contribution in [3.63, 3.8) is 0 Å². The molecule has 0 aliphatic rings. The van der Waals surface area contributed by atoms with Crippen LogP contribution in [0.1, 0.15) is 13.8 Å². The quantitative estimate of drug-likeness (QED) is 0.714. The van der Waals surface area contributed by atoms with Crippen LogP contribution in [0.25, 0.3) is 0 Å². The summed E-state index contributed by atoms with van der Waals surface area (Å²) in [5.41, 5.74) is 0. The molecule has 0 rings (SSSR count). The Balaban J connectivity index is 0. The van der Waals surface area contributed by atoms with Crippen LogP contribution in [0.4, 0.5) is 0 Å². The van der Waals surface area contributed by atoms with Crippen LogP contribution < -0.4 is 0 Å². The fourth-order valence-electron chi connectivity index (χ4n) is 0.180. The summed E-state index contributed by atoms with van der Waals surface area (Å²) in [5.74, 6) is 0. The van der Waals surface area contributed by atoms with Gasteiger partial charge in [-0.05, 0) is 0 Å². The molecule has 0 bridgehead atoms. The van der Waals surface area contributed by atoms with Gasteiger partial charge in [0.25, 0.3) is 0 Å². The Kier molecular flexibility index (Phi) is 8.64. The molecule has 0 saturated heterocycles. The van der Waals surface area contributed by atoms with Gasteiger partial charge in [-0.2, -0.15) is 0 Å². The third-order valence-corrected chi connectivity index (χ3v) is 2.02. The van der Waals surface area contributed by atoms with Crippen LogP contribution in [-0.2, 0) is 6.03 Å². The molecule has 0 unspecified atom stereocenters. The molecule has 5 heteroatoms. The van der Waals surface area contributed by atoms with Gasteiger partial charge in [-0.3, -0.25) is 0 Å². The predicted molar refractivity (Wildman–Crippen MR) is 32.1 cm³/mol. The topological polar surface area (TPSA) is 46.5 Å². The maximum Gasteiger partial charge on any atom is -0.147 e. The molecule has 0 spiro atoms. The number of rotatable bonds is 2. The Morgan fingerprint density at radius 1 is 1.62 bits per heavy atom. The Hall–Kier alpha value is 0.828. The molecule has 51 valence electrons. The van der Waals surface area contributed by atoms with Crippen LogP contribution in [0.2, 0.25) is 0 Å². The van der Waals surface area contributed by atoms with E-state index in [0.717, 1.165) is 0 Å². The second-order valence-corrected chi connectivity index (χ2v) is 3.35. The zero-order valence-corrected chi connectivity index (χ0v) is 8.07. The molecular weight excluding hydrogens is 241 g/mol. The van der Waals surface area contributed by atoms with Crippen LogP contribution in [0.3, 0.4) is 0 Å². The normalized spacial score (nSPS) is 8.50. The molecule has 0 aliphatic carbocycles. The smallest absolute Gasteiger partial charge is 0.147 e. The van der Waals surface area contributed by atoms with Crippen LogP contribution in [0.15, 0.2) is 0 Å². The molecule has 3 nitrogen and oxygen atoms in total. The van der Waals surface area contributed by atoms with Gasteiger partial charge in [-0.1, -0.05) is 0 Å². The van der Waals surface area contributed by atoms with Gasteiger partial charge in [0, 0.05) is 0 Å². The van der Waals surface area contributed by atoms with E-state index in [-0.39, 0.29) is 18.5 Å². The summed E-state index contributed by atoms with van der Waals surface area (Å²) >= 11 is -3.33. The van der Waals surface area contributed by atoms with Crippen molar-refractivity contribution >= 4 is 33.4 Å². The Bertz CT molecular complexity index is 74.9. The number of hydrogen-bond donors (Lipinski definition) is 1. The Labute approximate surface area is 62.9 Å². The van der Waals surface area contributed by atoms with Crippen LogP contribution in [0, 0.1) is 0 Å². The van der Waals surface area contributed by atoms with E-state index in [0.29, 0.717) is 0 Å². The standard InChI is InChI=1S/C3H7O.ClH.H2O.O.Sb/c1-3(2)4;;;;/h3H,1-2H3;1H;1H2;;/q-1;;;;+2/p-1. The van der Waals surface area contributed by atoms with E-state index in [1.165, 1.54) is 0 Å². The molecular formula is C3H9ClO3Sb. The minimum atomic E-state index is -3.33. The van der Waals surface area contributed by atoms with Crippen molar-refractivity contribution in [2.45, 2.75) is 20.0 Å². The molecule has 0 saturated carbocycles. The van der Waals surface area contributed by atoms with Crippen LogP contribution >= 0.6 is 12.4 Å². The summed E-state index contributed by atoms with van der Waals surface area (Å²) in [6.07, 6.45) is -0.106. The zero-order valence-electron chi connectivity index (χ0n) is 4.70. The van der Waals surface area contributed by atoms with Crippen molar-refractivity contribution in [1.29, 1.82) is 0 Å². The van der Waals surface area contributed by atoms with E-state index in [9.17, 15) is 3.02 Å². The van der Waals surface area contributed by atoms with E-state index in [1.807, 2.05) is 0 Å². The zero-order chi connectivity index (χ0) is 5.86. The van der Waals surface area contributed by atoms with Crippen molar-refractivity contribution in [3.05, 3.63) is 0 Å². The molecule has 0 atom stereocenters. The largest absolute Gasteiger partial charge is 0.147 e. The molecule has 1 N–H and O–H groups in total. The minimum absolute atomic E-state index is 0. The third kappa shape index (κ3) is 9.95. The average Bonchev–Trinajstić information content (AvgIpc) is 1.27. The van der Waals surface area contributed by atoms with Crippen molar-refractivity contribution in [2.75, 3.05) is 0 Å². The van der Waals surface area contributed by atoms with Gasteiger partial charge in [0.2, 0.25) is 0 Å². The molecule has 0 aromatic rings. The molecule has 0 aliphatic heterocycles. The summed E-state index contributed by atoms with van der Waals surface area (Å²) in [4.78, 5) is 0. The summed E-state index contributed by atoms with van der Waals surface area (Å²) in [5, 5.41) is 0. The van der Waals surface area contributed by atoms with Crippen LogP contribution in [0.5, 0.6) is 0 Å². The van der Waals surface area contributed by atoms with Crippen molar-refractivity contribution < 1.29 is 9.42 Å². The summed E-state index contributed by atoms with van der Waals surface area (Å²) in [6, 6.07) is 0. The van der Waals surface area contributed by atoms with Gasteiger partial charge in [-0.25, -0.2) is 0 Å². The van der Waals surface area contributed by atoms with E-state index in [1.54, 1.807) is 13.8 Å². The van der Waals surface area contributed by atoms with E-state index in [2.05, 4.69) is 3.02 Å². The third-order valence-electron chi connectivity index (χ3n) is 0.301. The summed E-state index contributed by atoms with van der Waals surface area (Å²) < 4.78 is 22.4. The molecule has 0 aromatic carbocycles. The molecule has 0 heterocycles. The van der Waals surface area contributed by atoms with Gasteiger partial charge in [-0.15, -0.1) is 12.4 Å². The number of hydrogen-bond acceptors (Lipinski definition) is 2. The maximum atomic E-state index is 9.85. The SMILES string of the molecule is CC(C)[O][Sb](=[O])[OH].Cl. The van der Waals surface area contributed by atoms with Crippen molar-refractivity contribution in [2.24, 2.45) is 0 Å². The summed E-state index contributed by atoms with van der Waals surface area (Å²) in [7, 11) is 0. The van der Waals surface area contributed by atoms with Crippen LogP contribution in [-0.4, -0.2) is 30.5 Å². The molecule has 8 heavy (non-hydrogen) atoms. The first-order valence-corrected chi connectivity index (χ1v) is 5.18. The maximum absolute atomic E-state index is 9.85. The minimum Gasteiger partial charge on any atom is -0.147 e. The van der Waals surface area contributed by atoms with Crippen molar-refractivity contribution in [1.82, 2.24) is 0 Å². The first kappa shape index (κ1) is 11.6. The Morgan fingerprint density at radius 3 is 2.00 bits per heavy atom. The first-order valence-electron chi connectivity index (χ1n) is 1.96. The first-order chi connectivity index (χ1) is 3.13. The summed E-state index contributed by atoms with van der Waals surface area (Å²) in [6.45, 7) is 3.46. The van der Waals surface area contributed by atoms with Gasteiger partial charge < -0.3 is 0 Å². The monoisotopic (exact) mass is 249 g/mol. The van der Waals surface area contributed by atoms with Gasteiger partial charge in [0.05, 0.1) is 0 Å². The molecule has 0 amide bonds. The van der Waals surface area contributed by atoms with E-state index < -0.39 is 21.0 Å². The average molecular weight is 250 g/mol. The van der Waals surface area contributed by atoms with E-state index >= 15 is 0 Å². The fourth-order valence-corrected chi connectivity index (χ4v) is 1.21. The Morgan fingerprint density at radius 2 is 2.00 bits per heavy atom. The van der Waals surface area contributed by atoms with Crippen molar-refractivity contribution in [3.8, 4) is 0 Å². The number of halogens is 1. The predicted octanol–water partition coefficient (Wildman–Crippen LogP) is 0.241. The van der Waals surface area contributed by atoms with Gasteiger partial charge in [0.1, 0.15) is 0 Å². The molecule has 1 radical (unpaired) electrons.